The molecule has 1 N–H and O–H groups in total. The van der Waals surface area contributed by atoms with E-state index in [9.17, 15) is 4.79 Å². The van der Waals surface area contributed by atoms with Gasteiger partial charge in [0.15, 0.2) is 0 Å². The zero-order valence-corrected chi connectivity index (χ0v) is 9.78. The summed E-state index contributed by atoms with van der Waals surface area (Å²) in [5, 5.41) is 9.00. The maximum atomic E-state index is 12.0. The summed E-state index contributed by atoms with van der Waals surface area (Å²) in [6.45, 7) is 4.96. The number of rotatable bonds is 4. The van der Waals surface area contributed by atoms with Crippen molar-refractivity contribution < 1.29 is 9.90 Å². The minimum absolute atomic E-state index is 0.0878. The van der Waals surface area contributed by atoms with Crippen molar-refractivity contribution in [3.63, 3.8) is 0 Å². The van der Waals surface area contributed by atoms with Gasteiger partial charge in [-0.05, 0) is 25.8 Å². The first-order valence-electron chi connectivity index (χ1n) is 5.80. The third-order valence-electron chi connectivity index (χ3n) is 2.95. The fraction of sp³-hybridized carbons (Fsp3) is 0.909. The molecule has 0 saturated carbocycles. The van der Waals surface area contributed by atoms with Crippen molar-refractivity contribution in [2.45, 2.75) is 32.2 Å². The second-order valence-corrected chi connectivity index (χ2v) is 4.18. The van der Waals surface area contributed by atoms with Crippen molar-refractivity contribution >= 4 is 5.91 Å². The van der Waals surface area contributed by atoms with Gasteiger partial charge >= 0.3 is 0 Å². The van der Waals surface area contributed by atoms with Crippen LogP contribution in [0.4, 0.5) is 0 Å². The highest BCUT2D eigenvalue weighted by atomic mass is 16.3. The first-order chi connectivity index (χ1) is 7.20. The number of aliphatic hydroxyl groups excluding tert-OH is 1. The first-order valence-corrected chi connectivity index (χ1v) is 5.80. The van der Waals surface area contributed by atoms with Gasteiger partial charge in [0.1, 0.15) is 0 Å². The van der Waals surface area contributed by atoms with Crippen molar-refractivity contribution in [2.75, 3.05) is 33.3 Å². The molecule has 1 aliphatic heterocycles. The zero-order valence-electron chi connectivity index (χ0n) is 9.78. The lowest BCUT2D eigenvalue weighted by atomic mass is 10.1. The number of aliphatic hydroxyl groups is 1. The van der Waals surface area contributed by atoms with E-state index in [-0.39, 0.29) is 18.6 Å². The monoisotopic (exact) mass is 214 g/mol. The maximum absolute atomic E-state index is 12.0. The minimum atomic E-state index is -0.109. The SMILES string of the molecule is CCCN1CCCN(C)C(=O)C1CCO. The van der Waals surface area contributed by atoms with Crippen molar-refractivity contribution in [2.24, 2.45) is 0 Å². The topological polar surface area (TPSA) is 43.8 Å². The van der Waals surface area contributed by atoms with Gasteiger partial charge in [0, 0.05) is 26.7 Å². The molecule has 1 atom stereocenters. The Morgan fingerprint density at radius 1 is 1.47 bits per heavy atom. The molecule has 88 valence electrons. The molecular formula is C11H22N2O2. The summed E-state index contributed by atoms with van der Waals surface area (Å²) in [6, 6.07) is -0.109. The number of hydrogen-bond acceptors (Lipinski definition) is 3. The number of nitrogens with zero attached hydrogens (tertiary/aromatic N) is 2. The minimum Gasteiger partial charge on any atom is -0.396 e. The summed E-state index contributed by atoms with van der Waals surface area (Å²) < 4.78 is 0. The maximum Gasteiger partial charge on any atom is 0.239 e. The molecule has 1 amide bonds. The Morgan fingerprint density at radius 2 is 2.20 bits per heavy atom. The van der Waals surface area contributed by atoms with Gasteiger partial charge in [0.2, 0.25) is 5.91 Å². The van der Waals surface area contributed by atoms with Gasteiger partial charge in [0.25, 0.3) is 0 Å². The largest absolute Gasteiger partial charge is 0.396 e. The van der Waals surface area contributed by atoms with Crippen molar-refractivity contribution in [1.29, 1.82) is 0 Å². The smallest absolute Gasteiger partial charge is 0.239 e. The quantitative estimate of drug-likeness (QED) is 0.732. The second-order valence-electron chi connectivity index (χ2n) is 4.18. The summed E-state index contributed by atoms with van der Waals surface area (Å²) in [5.74, 6) is 0.162. The van der Waals surface area contributed by atoms with Crippen molar-refractivity contribution in [3.05, 3.63) is 0 Å². The molecule has 1 rings (SSSR count). The van der Waals surface area contributed by atoms with E-state index in [1.54, 1.807) is 4.90 Å². The summed E-state index contributed by atoms with van der Waals surface area (Å²) >= 11 is 0. The van der Waals surface area contributed by atoms with Crippen LogP contribution in [0.5, 0.6) is 0 Å². The molecule has 0 bridgehead atoms. The summed E-state index contributed by atoms with van der Waals surface area (Å²) in [4.78, 5) is 16.0. The van der Waals surface area contributed by atoms with Crippen LogP contribution < -0.4 is 0 Å². The molecule has 1 aliphatic rings. The predicted octanol–water partition coefficient (Wildman–Crippen LogP) is 0.311. The predicted molar refractivity (Wildman–Crippen MR) is 59.6 cm³/mol. The fourth-order valence-corrected chi connectivity index (χ4v) is 2.17. The highest BCUT2D eigenvalue weighted by Crippen LogP contribution is 2.13. The van der Waals surface area contributed by atoms with Crippen LogP contribution in [-0.2, 0) is 4.79 Å². The van der Waals surface area contributed by atoms with Gasteiger partial charge in [-0.2, -0.15) is 0 Å². The van der Waals surface area contributed by atoms with Gasteiger partial charge in [-0.25, -0.2) is 0 Å². The fourth-order valence-electron chi connectivity index (χ4n) is 2.17. The van der Waals surface area contributed by atoms with E-state index in [4.69, 9.17) is 5.11 Å². The molecule has 0 aromatic rings. The van der Waals surface area contributed by atoms with Crippen LogP contribution in [0.2, 0.25) is 0 Å². The lowest BCUT2D eigenvalue weighted by molar-refractivity contribution is -0.134. The number of carbonyl (C=O) groups is 1. The first kappa shape index (κ1) is 12.5. The Bertz CT molecular complexity index is 209. The number of carbonyl (C=O) groups excluding carboxylic acids is 1. The van der Waals surface area contributed by atoms with Gasteiger partial charge in [-0.1, -0.05) is 6.92 Å². The van der Waals surface area contributed by atoms with E-state index in [1.807, 2.05) is 7.05 Å². The van der Waals surface area contributed by atoms with Crippen LogP contribution in [0.1, 0.15) is 26.2 Å². The molecule has 0 aliphatic carbocycles. The molecule has 1 unspecified atom stereocenters. The Balaban J connectivity index is 2.70. The van der Waals surface area contributed by atoms with Crippen molar-refractivity contribution in [3.8, 4) is 0 Å². The standard InChI is InChI=1S/C11H22N2O2/c1-3-6-13-8-4-7-12(2)11(15)10(13)5-9-14/h10,14H,3-9H2,1-2H3. The molecule has 4 nitrogen and oxygen atoms in total. The second kappa shape index (κ2) is 6.08. The average molecular weight is 214 g/mol. The zero-order chi connectivity index (χ0) is 11.3. The highest BCUT2D eigenvalue weighted by Gasteiger charge is 2.29. The number of amides is 1. The molecule has 1 heterocycles. The van der Waals surface area contributed by atoms with Crippen LogP contribution in [0.15, 0.2) is 0 Å². The Morgan fingerprint density at radius 3 is 2.80 bits per heavy atom. The van der Waals surface area contributed by atoms with E-state index >= 15 is 0 Å². The molecule has 1 saturated heterocycles. The van der Waals surface area contributed by atoms with Gasteiger partial charge in [0.05, 0.1) is 6.04 Å². The summed E-state index contributed by atoms with van der Waals surface area (Å²) in [7, 11) is 1.85. The van der Waals surface area contributed by atoms with Crippen LogP contribution in [0, 0.1) is 0 Å². The van der Waals surface area contributed by atoms with Crippen LogP contribution in [0.3, 0.4) is 0 Å². The van der Waals surface area contributed by atoms with E-state index in [2.05, 4.69) is 11.8 Å². The molecule has 0 spiro atoms. The van der Waals surface area contributed by atoms with E-state index < -0.39 is 0 Å². The third-order valence-corrected chi connectivity index (χ3v) is 2.95. The Kier molecular flexibility index (Phi) is 5.05. The molecule has 15 heavy (non-hydrogen) atoms. The molecule has 0 radical (unpaired) electrons. The van der Waals surface area contributed by atoms with Crippen LogP contribution >= 0.6 is 0 Å². The lowest BCUT2D eigenvalue weighted by Gasteiger charge is -2.28. The average Bonchev–Trinajstić information content (AvgIpc) is 2.34. The van der Waals surface area contributed by atoms with Gasteiger partial charge in [-0.15, -0.1) is 0 Å². The molecular weight excluding hydrogens is 192 g/mol. The van der Waals surface area contributed by atoms with Gasteiger partial charge < -0.3 is 10.0 Å². The highest BCUT2D eigenvalue weighted by molar-refractivity contribution is 5.81. The Hall–Kier alpha value is -0.610. The lowest BCUT2D eigenvalue weighted by Crippen LogP contribution is -2.45. The molecule has 4 heteroatoms. The molecule has 0 aromatic heterocycles. The summed E-state index contributed by atoms with van der Waals surface area (Å²) in [5.41, 5.74) is 0. The van der Waals surface area contributed by atoms with Crippen LogP contribution in [-0.4, -0.2) is 60.1 Å². The van der Waals surface area contributed by atoms with E-state index in [0.29, 0.717) is 6.42 Å². The Labute approximate surface area is 91.9 Å². The molecule has 1 fully saturated rings. The molecule has 0 aromatic carbocycles. The number of hydrogen-bond donors (Lipinski definition) is 1. The van der Waals surface area contributed by atoms with E-state index in [0.717, 1.165) is 32.5 Å². The number of likely N-dealkylation sites (N-methyl/N-ethyl adjacent to an activating group) is 1. The third kappa shape index (κ3) is 3.18. The van der Waals surface area contributed by atoms with Gasteiger partial charge in [-0.3, -0.25) is 9.69 Å². The normalized spacial score (nSPS) is 24.3. The van der Waals surface area contributed by atoms with Crippen molar-refractivity contribution in [1.82, 2.24) is 9.80 Å². The van der Waals surface area contributed by atoms with Crippen LogP contribution in [0.25, 0.3) is 0 Å². The van der Waals surface area contributed by atoms with E-state index in [1.165, 1.54) is 0 Å². The summed E-state index contributed by atoms with van der Waals surface area (Å²) in [6.07, 6.45) is 2.65.